The minimum absolute atomic E-state index is 0.340. The van der Waals surface area contributed by atoms with Crippen molar-refractivity contribution in [1.82, 2.24) is 4.90 Å². The van der Waals surface area contributed by atoms with Gasteiger partial charge in [-0.2, -0.15) is 0 Å². The first-order valence-electron chi connectivity index (χ1n) is 7.13. The molecule has 0 saturated carbocycles. The quantitative estimate of drug-likeness (QED) is 0.689. The summed E-state index contributed by atoms with van der Waals surface area (Å²) in [6.07, 6.45) is -0.788. The van der Waals surface area contributed by atoms with E-state index < -0.39 is 35.7 Å². The van der Waals surface area contributed by atoms with Gasteiger partial charge in [0, 0.05) is 7.92 Å². The molecule has 110 valence electrons. The van der Waals surface area contributed by atoms with Crippen LogP contribution in [0.2, 0.25) is 0 Å². The number of rotatable bonds is 1. The van der Waals surface area contributed by atoms with E-state index in [1.54, 1.807) is 41.5 Å². The van der Waals surface area contributed by atoms with Crippen molar-refractivity contribution in [2.75, 3.05) is 6.54 Å². The Hall–Kier alpha value is -1.26. The third kappa shape index (κ3) is 5.09. The van der Waals surface area contributed by atoms with E-state index in [0.29, 0.717) is 13.0 Å². The molecule has 0 unspecified atom stereocenters. The second kappa shape index (κ2) is 5.39. The summed E-state index contributed by atoms with van der Waals surface area (Å²) in [5, 5.41) is 0. The lowest BCUT2D eigenvalue weighted by Gasteiger charge is -2.29. The topological polar surface area (TPSA) is 55.8 Å². The largest absolute Gasteiger partial charge is 0.458 e. The molecule has 0 aromatic rings. The Kier molecular flexibility index (Phi) is 4.02. The Bertz CT molecular complexity index is 384. The van der Waals surface area contributed by atoms with Crippen molar-refractivity contribution in [3.63, 3.8) is 0 Å². The normalized spacial score (nSPS) is 24.9. The minimum atomic E-state index is -0.885. The smallest absolute Gasteiger partial charge is 0.411 e. The highest BCUT2D eigenvalue weighted by molar-refractivity contribution is 5.82. The van der Waals surface area contributed by atoms with Crippen LogP contribution in [0.5, 0.6) is 0 Å². The van der Waals surface area contributed by atoms with E-state index in [-0.39, 0.29) is 0 Å². The average Bonchev–Trinajstić information content (AvgIpc) is 2.54. The number of carbonyl (C=O) groups excluding carboxylic acids is 2. The molecule has 19 heavy (non-hydrogen) atoms. The van der Waals surface area contributed by atoms with Gasteiger partial charge in [0.15, 0.2) is 0 Å². The fraction of sp³-hybridized carbons (Fsp3) is 0.857. The van der Waals surface area contributed by atoms with Gasteiger partial charge in [0.05, 0.1) is 0 Å². The third-order valence-electron chi connectivity index (χ3n) is 2.37. The van der Waals surface area contributed by atoms with Crippen molar-refractivity contribution < 1.29 is 20.4 Å². The van der Waals surface area contributed by atoms with Crippen molar-refractivity contribution in [3.05, 3.63) is 0 Å². The molecule has 0 aromatic heterocycles. The van der Waals surface area contributed by atoms with Crippen LogP contribution in [0.3, 0.4) is 0 Å². The summed E-state index contributed by atoms with van der Waals surface area (Å²) in [6, 6.07) is -0.885. The van der Waals surface area contributed by atoms with Gasteiger partial charge in [0.1, 0.15) is 17.2 Å². The van der Waals surface area contributed by atoms with Crippen LogP contribution in [-0.4, -0.2) is 40.8 Å². The predicted octanol–water partition coefficient (Wildman–Crippen LogP) is 2.73. The molecule has 1 saturated heterocycles. The van der Waals surface area contributed by atoms with E-state index in [2.05, 4.69) is 0 Å². The Balaban J connectivity index is 2.81. The van der Waals surface area contributed by atoms with Gasteiger partial charge in [-0.1, -0.05) is 0 Å². The van der Waals surface area contributed by atoms with Gasteiger partial charge in [-0.15, -0.1) is 0 Å². The number of nitrogens with zero attached hydrogens (tertiary/aromatic N) is 1. The molecule has 1 rings (SSSR count). The summed E-state index contributed by atoms with van der Waals surface area (Å²) >= 11 is 0. The van der Waals surface area contributed by atoms with Crippen LogP contribution in [0.1, 0.15) is 55.7 Å². The van der Waals surface area contributed by atoms with Crippen LogP contribution < -0.4 is 0 Å². The van der Waals surface area contributed by atoms with E-state index >= 15 is 0 Å². The SMILES string of the molecule is [2H][C@H]1CCN(C(=O)OC(C)(C)C)[C@@H]1C(=O)OC(C)(C)C. The number of hydrogen-bond acceptors (Lipinski definition) is 4. The summed E-state index contributed by atoms with van der Waals surface area (Å²) in [4.78, 5) is 25.6. The molecular formula is C14H25NO4. The monoisotopic (exact) mass is 272 g/mol. The second-order valence-corrected chi connectivity index (χ2v) is 6.68. The molecule has 0 aliphatic carbocycles. The summed E-state index contributed by atoms with van der Waals surface area (Å²) in [5.41, 5.74) is -1.27. The Morgan fingerprint density at radius 2 is 1.63 bits per heavy atom. The Labute approximate surface area is 116 Å². The summed E-state index contributed by atoms with van der Waals surface area (Å²) < 4.78 is 18.5. The molecule has 2 atom stereocenters. The molecule has 1 fully saturated rings. The molecule has 1 amide bonds. The van der Waals surface area contributed by atoms with Gasteiger partial charge in [0.2, 0.25) is 0 Å². The lowest BCUT2D eigenvalue weighted by molar-refractivity contribution is -0.160. The number of esters is 1. The first-order chi connectivity index (χ1) is 8.91. The Morgan fingerprint density at radius 3 is 2.11 bits per heavy atom. The highest BCUT2D eigenvalue weighted by Crippen LogP contribution is 2.23. The summed E-state index contributed by atoms with van der Waals surface area (Å²) in [5.74, 6) is -0.541. The van der Waals surface area contributed by atoms with Gasteiger partial charge in [-0.3, -0.25) is 4.90 Å². The highest BCUT2D eigenvalue weighted by atomic mass is 16.6. The molecule has 1 heterocycles. The molecule has 0 N–H and O–H groups in total. The first kappa shape index (κ1) is 14.2. The minimum Gasteiger partial charge on any atom is -0.458 e. The zero-order valence-electron chi connectivity index (χ0n) is 13.6. The lowest BCUT2D eigenvalue weighted by Crippen LogP contribution is -2.45. The number of amides is 1. The molecular weight excluding hydrogens is 246 g/mol. The van der Waals surface area contributed by atoms with Crippen LogP contribution in [0.4, 0.5) is 4.79 Å². The van der Waals surface area contributed by atoms with Gasteiger partial charge in [-0.25, -0.2) is 9.59 Å². The van der Waals surface area contributed by atoms with E-state index in [4.69, 9.17) is 10.8 Å². The molecule has 0 bridgehead atoms. The van der Waals surface area contributed by atoms with Crippen LogP contribution in [0, 0.1) is 0 Å². The van der Waals surface area contributed by atoms with Gasteiger partial charge < -0.3 is 9.47 Å². The first-order valence-corrected chi connectivity index (χ1v) is 6.55. The van der Waals surface area contributed by atoms with Crippen molar-refractivity contribution in [2.45, 2.75) is 71.6 Å². The van der Waals surface area contributed by atoms with Gasteiger partial charge in [-0.05, 0) is 54.4 Å². The molecule has 1 aliphatic heterocycles. The van der Waals surface area contributed by atoms with Crippen LogP contribution >= 0.6 is 0 Å². The lowest BCUT2D eigenvalue weighted by atomic mass is 10.1. The van der Waals surface area contributed by atoms with E-state index in [1.165, 1.54) is 4.90 Å². The predicted molar refractivity (Wildman–Crippen MR) is 71.8 cm³/mol. The molecule has 0 spiro atoms. The number of ether oxygens (including phenoxy) is 2. The van der Waals surface area contributed by atoms with Crippen molar-refractivity contribution >= 4 is 12.1 Å². The maximum Gasteiger partial charge on any atom is 0.411 e. The highest BCUT2D eigenvalue weighted by Gasteiger charge is 2.38. The summed E-state index contributed by atoms with van der Waals surface area (Å²) in [7, 11) is 0. The fourth-order valence-electron chi connectivity index (χ4n) is 1.75. The second-order valence-electron chi connectivity index (χ2n) is 6.68. The zero-order chi connectivity index (χ0) is 15.7. The van der Waals surface area contributed by atoms with Gasteiger partial charge in [0.25, 0.3) is 0 Å². The van der Waals surface area contributed by atoms with Crippen molar-refractivity contribution in [2.24, 2.45) is 0 Å². The Morgan fingerprint density at radius 1 is 1.11 bits per heavy atom. The maximum atomic E-state index is 12.2. The van der Waals surface area contributed by atoms with Gasteiger partial charge >= 0.3 is 12.1 Å². The fourth-order valence-corrected chi connectivity index (χ4v) is 1.75. The van der Waals surface area contributed by atoms with Crippen LogP contribution in [-0.2, 0) is 14.3 Å². The maximum absolute atomic E-state index is 12.2. The number of hydrogen-bond donors (Lipinski definition) is 0. The third-order valence-corrected chi connectivity index (χ3v) is 2.37. The molecule has 0 aromatic carbocycles. The zero-order valence-corrected chi connectivity index (χ0v) is 12.6. The average molecular weight is 272 g/mol. The van der Waals surface area contributed by atoms with E-state index in [9.17, 15) is 9.59 Å². The standard InChI is InChI=1S/C14H25NO4/c1-13(2,3)18-11(16)10-8-7-9-15(10)12(17)19-14(4,5)6/h10H,7-9H2,1-6H3/t10-/m0/s1/i8D/t8-,10-. The summed E-state index contributed by atoms with van der Waals surface area (Å²) in [6.45, 7) is 10.9. The number of likely N-dealkylation sites (tertiary alicyclic amines) is 1. The van der Waals surface area contributed by atoms with E-state index in [1.807, 2.05) is 0 Å². The molecule has 5 nitrogen and oxygen atoms in total. The van der Waals surface area contributed by atoms with Crippen molar-refractivity contribution in [1.29, 1.82) is 0 Å². The van der Waals surface area contributed by atoms with E-state index in [0.717, 1.165) is 0 Å². The van der Waals surface area contributed by atoms with Crippen LogP contribution in [0.15, 0.2) is 0 Å². The molecule has 5 heteroatoms. The van der Waals surface area contributed by atoms with Crippen molar-refractivity contribution in [3.8, 4) is 0 Å². The molecule has 0 radical (unpaired) electrons. The molecule has 1 aliphatic rings. The van der Waals surface area contributed by atoms with Crippen LogP contribution in [0.25, 0.3) is 0 Å². The number of carbonyl (C=O) groups is 2.